The van der Waals surface area contributed by atoms with Crippen LogP contribution in [0.25, 0.3) is 0 Å². The molecule has 1 heterocycles. The molecule has 1 atom stereocenters. The van der Waals surface area contributed by atoms with Crippen LogP contribution in [0.5, 0.6) is 0 Å². The Morgan fingerprint density at radius 2 is 2.16 bits per heavy atom. The van der Waals surface area contributed by atoms with E-state index in [1.807, 2.05) is 13.8 Å². The molecule has 1 aliphatic heterocycles. The van der Waals surface area contributed by atoms with E-state index in [4.69, 9.17) is 5.73 Å². The molecule has 3 N–H and O–H groups in total. The zero-order valence-electron chi connectivity index (χ0n) is 11.7. The normalized spacial score (nSPS) is 15.6. The van der Waals surface area contributed by atoms with Crippen molar-refractivity contribution in [3.8, 4) is 0 Å². The number of carbonyl (C=O) groups excluding carboxylic acids is 1. The van der Waals surface area contributed by atoms with Gasteiger partial charge in [0, 0.05) is 24.8 Å². The molecule has 4 nitrogen and oxygen atoms in total. The van der Waals surface area contributed by atoms with E-state index >= 15 is 0 Å². The van der Waals surface area contributed by atoms with Crippen molar-refractivity contribution in [2.45, 2.75) is 38.8 Å². The molecule has 0 spiro atoms. The molecule has 0 aromatic heterocycles. The predicted octanol–water partition coefficient (Wildman–Crippen LogP) is 1.29. The SMILES string of the molecule is CC(C)NC(CCN1CCc2ccccc21)C(N)=O. The van der Waals surface area contributed by atoms with Gasteiger partial charge in [-0.25, -0.2) is 0 Å². The number of carbonyl (C=O) groups is 1. The average Bonchev–Trinajstić information content (AvgIpc) is 2.77. The van der Waals surface area contributed by atoms with Gasteiger partial charge >= 0.3 is 0 Å². The highest BCUT2D eigenvalue weighted by Gasteiger charge is 2.21. The summed E-state index contributed by atoms with van der Waals surface area (Å²) < 4.78 is 0. The number of nitrogens with one attached hydrogen (secondary N) is 1. The molecular formula is C15H23N3O. The third-order valence-corrected chi connectivity index (χ3v) is 3.55. The standard InChI is InChI=1S/C15H23N3O/c1-11(2)17-13(15(16)19)8-10-18-9-7-12-5-3-4-6-14(12)18/h3-6,11,13,17H,7-10H2,1-2H3,(H2,16,19). The molecule has 2 rings (SSSR count). The number of nitrogens with two attached hydrogens (primary N) is 1. The topological polar surface area (TPSA) is 58.4 Å². The number of amides is 1. The van der Waals surface area contributed by atoms with Crippen LogP contribution in [0.15, 0.2) is 24.3 Å². The minimum Gasteiger partial charge on any atom is -0.371 e. The summed E-state index contributed by atoms with van der Waals surface area (Å²) in [6, 6.07) is 8.49. The molecule has 1 amide bonds. The maximum Gasteiger partial charge on any atom is 0.234 e. The fraction of sp³-hybridized carbons (Fsp3) is 0.533. The van der Waals surface area contributed by atoms with Crippen molar-refractivity contribution in [1.82, 2.24) is 5.32 Å². The van der Waals surface area contributed by atoms with Gasteiger partial charge in [0.2, 0.25) is 5.91 Å². The second-order valence-corrected chi connectivity index (χ2v) is 5.43. The maximum absolute atomic E-state index is 11.4. The van der Waals surface area contributed by atoms with Crippen molar-refractivity contribution in [3.63, 3.8) is 0 Å². The van der Waals surface area contributed by atoms with Gasteiger partial charge in [0.15, 0.2) is 0 Å². The Kier molecular flexibility index (Phi) is 4.43. The van der Waals surface area contributed by atoms with Crippen LogP contribution in [-0.4, -0.2) is 31.1 Å². The van der Waals surface area contributed by atoms with Crippen molar-refractivity contribution < 1.29 is 4.79 Å². The first-order valence-corrected chi connectivity index (χ1v) is 6.96. The molecule has 4 heteroatoms. The molecule has 1 unspecified atom stereocenters. The Balaban J connectivity index is 1.93. The van der Waals surface area contributed by atoms with E-state index in [9.17, 15) is 4.79 Å². The van der Waals surface area contributed by atoms with Crippen LogP contribution in [0.4, 0.5) is 5.69 Å². The molecule has 0 bridgehead atoms. The van der Waals surface area contributed by atoms with Gasteiger partial charge in [0.1, 0.15) is 0 Å². The summed E-state index contributed by atoms with van der Waals surface area (Å²) in [5, 5.41) is 3.23. The predicted molar refractivity (Wildman–Crippen MR) is 78.2 cm³/mol. The second kappa shape index (κ2) is 6.06. The summed E-state index contributed by atoms with van der Waals surface area (Å²) in [6.45, 7) is 5.96. The lowest BCUT2D eigenvalue weighted by Gasteiger charge is -2.23. The number of para-hydroxylation sites is 1. The molecule has 0 radical (unpaired) electrons. The molecule has 104 valence electrons. The molecule has 0 fully saturated rings. The van der Waals surface area contributed by atoms with Crippen LogP contribution in [0.2, 0.25) is 0 Å². The van der Waals surface area contributed by atoms with E-state index in [0.29, 0.717) is 0 Å². The molecule has 1 aromatic rings. The molecule has 19 heavy (non-hydrogen) atoms. The van der Waals surface area contributed by atoms with Crippen LogP contribution < -0.4 is 16.0 Å². The lowest BCUT2D eigenvalue weighted by molar-refractivity contribution is -0.120. The van der Waals surface area contributed by atoms with Gasteiger partial charge in [0.05, 0.1) is 6.04 Å². The number of hydrogen-bond donors (Lipinski definition) is 2. The van der Waals surface area contributed by atoms with E-state index in [1.54, 1.807) is 0 Å². The van der Waals surface area contributed by atoms with Crippen molar-refractivity contribution in [2.24, 2.45) is 5.73 Å². The molecule has 0 saturated carbocycles. The highest BCUT2D eigenvalue weighted by molar-refractivity contribution is 5.80. The Bertz CT molecular complexity index is 445. The lowest BCUT2D eigenvalue weighted by Crippen LogP contribution is -2.46. The number of hydrogen-bond acceptors (Lipinski definition) is 3. The number of anilines is 1. The van der Waals surface area contributed by atoms with E-state index in [-0.39, 0.29) is 18.0 Å². The maximum atomic E-state index is 11.4. The van der Waals surface area contributed by atoms with Crippen LogP contribution in [0.3, 0.4) is 0 Å². The molecule has 0 aliphatic carbocycles. The fourth-order valence-electron chi connectivity index (χ4n) is 2.63. The van der Waals surface area contributed by atoms with Crippen molar-refractivity contribution in [3.05, 3.63) is 29.8 Å². The Morgan fingerprint density at radius 1 is 1.42 bits per heavy atom. The van der Waals surface area contributed by atoms with Gasteiger partial charge in [-0.2, -0.15) is 0 Å². The quantitative estimate of drug-likeness (QED) is 0.811. The summed E-state index contributed by atoms with van der Waals surface area (Å²) in [5.41, 5.74) is 8.14. The fourth-order valence-corrected chi connectivity index (χ4v) is 2.63. The summed E-state index contributed by atoms with van der Waals surface area (Å²) in [7, 11) is 0. The number of nitrogens with zero attached hydrogens (tertiary/aromatic N) is 1. The van der Waals surface area contributed by atoms with Gasteiger partial charge < -0.3 is 16.0 Å². The minimum absolute atomic E-state index is 0.243. The molecule has 0 saturated heterocycles. The Hall–Kier alpha value is -1.55. The van der Waals surface area contributed by atoms with Gasteiger partial charge in [-0.1, -0.05) is 32.0 Å². The van der Waals surface area contributed by atoms with Crippen molar-refractivity contribution >= 4 is 11.6 Å². The number of benzene rings is 1. The van der Waals surface area contributed by atoms with E-state index in [0.717, 1.165) is 25.9 Å². The lowest BCUT2D eigenvalue weighted by atomic mass is 10.1. The summed E-state index contributed by atoms with van der Waals surface area (Å²) in [4.78, 5) is 13.8. The first kappa shape index (κ1) is 13.9. The summed E-state index contributed by atoms with van der Waals surface area (Å²) in [6.07, 6.45) is 1.84. The number of fused-ring (bicyclic) bond motifs is 1. The van der Waals surface area contributed by atoms with Gasteiger partial charge in [-0.15, -0.1) is 0 Å². The Morgan fingerprint density at radius 3 is 2.84 bits per heavy atom. The van der Waals surface area contributed by atoms with Gasteiger partial charge in [-0.05, 0) is 24.5 Å². The van der Waals surface area contributed by atoms with Crippen molar-refractivity contribution in [2.75, 3.05) is 18.0 Å². The molecule has 1 aromatic carbocycles. The van der Waals surface area contributed by atoms with Crippen LogP contribution in [-0.2, 0) is 11.2 Å². The average molecular weight is 261 g/mol. The summed E-state index contributed by atoms with van der Waals surface area (Å²) >= 11 is 0. The molecule has 1 aliphatic rings. The second-order valence-electron chi connectivity index (χ2n) is 5.43. The zero-order chi connectivity index (χ0) is 13.8. The Labute approximate surface area is 115 Å². The minimum atomic E-state index is -0.263. The monoisotopic (exact) mass is 261 g/mol. The zero-order valence-corrected chi connectivity index (χ0v) is 11.7. The number of primary amides is 1. The largest absolute Gasteiger partial charge is 0.371 e. The van der Waals surface area contributed by atoms with Crippen molar-refractivity contribution in [1.29, 1.82) is 0 Å². The third kappa shape index (κ3) is 3.47. The first-order chi connectivity index (χ1) is 9.08. The first-order valence-electron chi connectivity index (χ1n) is 6.96. The van der Waals surface area contributed by atoms with Crippen LogP contribution >= 0.6 is 0 Å². The van der Waals surface area contributed by atoms with Crippen LogP contribution in [0, 0.1) is 0 Å². The van der Waals surface area contributed by atoms with E-state index in [1.165, 1.54) is 11.3 Å². The number of rotatable bonds is 6. The van der Waals surface area contributed by atoms with Gasteiger partial charge in [0.25, 0.3) is 0 Å². The van der Waals surface area contributed by atoms with Gasteiger partial charge in [-0.3, -0.25) is 4.79 Å². The highest BCUT2D eigenvalue weighted by Crippen LogP contribution is 2.27. The third-order valence-electron chi connectivity index (χ3n) is 3.55. The molecular weight excluding hydrogens is 238 g/mol. The van der Waals surface area contributed by atoms with Crippen LogP contribution in [0.1, 0.15) is 25.8 Å². The highest BCUT2D eigenvalue weighted by atomic mass is 16.1. The smallest absolute Gasteiger partial charge is 0.234 e. The summed E-state index contributed by atoms with van der Waals surface area (Å²) in [5.74, 6) is -0.263. The van der Waals surface area contributed by atoms with E-state index in [2.05, 4.69) is 34.5 Å². The van der Waals surface area contributed by atoms with E-state index < -0.39 is 0 Å².